The maximum absolute atomic E-state index is 13.0. The van der Waals surface area contributed by atoms with Crippen LogP contribution >= 0.6 is 11.6 Å². The van der Waals surface area contributed by atoms with Crippen molar-refractivity contribution in [1.82, 2.24) is 0 Å². The molecule has 0 aliphatic heterocycles. The van der Waals surface area contributed by atoms with Crippen LogP contribution in [0.2, 0.25) is 5.02 Å². The van der Waals surface area contributed by atoms with Gasteiger partial charge in [-0.3, -0.25) is 10.1 Å². The maximum atomic E-state index is 13.0. The van der Waals surface area contributed by atoms with Crippen LogP contribution in [-0.2, 0) is 5.54 Å². The van der Waals surface area contributed by atoms with Gasteiger partial charge in [-0.2, -0.15) is 0 Å². The number of hydrogen-bond acceptors (Lipinski definition) is 3. The topological polar surface area (TPSA) is 69.2 Å². The van der Waals surface area contributed by atoms with Crippen molar-refractivity contribution >= 4 is 17.3 Å². The minimum absolute atomic E-state index is 0.119. The molecule has 1 aliphatic rings. The zero-order chi connectivity index (χ0) is 12.1. The van der Waals surface area contributed by atoms with E-state index in [4.69, 9.17) is 17.3 Å². The van der Waals surface area contributed by atoms with Crippen molar-refractivity contribution in [3.63, 3.8) is 0 Å². The molecule has 1 aromatic rings. The molecule has 0 aromatic heterocycles. The van der Waals surface area contributed by atoms with Crippen LogP contribution in [-0.4, -0.2) is 10.8 Å². The van der Waals surface area contributed by atoms with E-state index < -0.39 is 22.8 Å². The second-order valence-electron chi connectivity index (χ2n) is 3.78. The minimum Gasteiger partial charge on any atom is -0.316 e. The predicted molar refractivity (Wildman–Crippen MR) is 53.5 cm³/mol. The van der Waals surface area contributed by atoms with Crippen molar-refractivity contribution in [3.05, 3.63) is 38.9 Å². The fourth-order valence-corrected chi connectivity index (χ4v) is 1.80. The van der Waals surface area contributed by atoms with E-state index >= 15 is 0 Å². The number of benzene rings is 1. The number of nitro benzene ring substituents is 1. The standard InChI is InChI=1S/C9H7ClF2N2O2/c10-6-3-5(1-2-7(6)14(15)16)8(13)4-9(8,11)12/h1-3H,4,13H2. The zero-order valence-corrected chi connectivity index (χ0v) is 8.67. The molecule has 0 amide bonds. The highest BCUT2D eigenvalue weighted by Crippen LogP contribution is 2.57. The van der Waals surface area contributed by atoms with Crippen molar-refractivity contribution in [3.8, 4) is 0 Å². The molecular weight excluding hydrogens is 242 g/mol. The van der Waals surface area contributed by atoms with Gasteiger partial charge in [-0.15, -0.1) is 0 Å². The van der Waals surface area contributed by atoms with Crippen molar-refractivity contribution < 1.29 is 13.7 Å². The lowest BCUT2D eigenvalue weighted by Gasteiger charge is -2.10. The molecule has 0 bridgehead atoms. The first kappa shape index (κ1) is 11.2. The Morgan fingerprint density at radius 3 is 2.44 bits per heavy atom. The Morgan fingerprint density at radius 1 is 1.50 bits per heavy atom. The van der Waals surface area contributed by atoms with Crippen LogP contribution in [0, 0.1) is 10.1 Å². The SMILES string of the molecule is NC1(c2ccc([N+](=O)[O-])c(Cl)c2)CC1(F)F. The van der Waals surface area contributed by atoms with E-state index in [1.807, 2.05) is 0 Å². The predicted octanol–water partition coefficient (Wildman–Crippen LogP) is 2.44. The Hall–Kier alpha value is -1.27. The molecule has 7 heteroatoms. The lowest BCUT2D eigenvalue weighted by Crippen LogP contribution is -2.27. The number of nitrogens with zero attached hydrogens (tertiary/aromatic N) is 1. The van der Waals surface area contributed by atoms with Crippen LogP contribution in [0.25, 0.3) is 0 Å². The fourth-order valence-electron chi connectivity index (χ4n) is 1.55. The summed E-state index contributed by atoms with van der Waals surface area (Å²) in [6, 6.07) is 3.42. The Kier molecular flexibility index (Phi) is 2.18. The highest BCUT2D eigenvalue weighted by atomic mass is 35.5. The van der Waals surface area contributed by atoms with Crippen LogP contribution in [0.4, 0.5) is 14.5 Å². The van der Waals surface area contributed by atoms with E-state index in [-0.39, 0.29) is 16.3 Å². The van der Waals surface area contributed by atoms with E-state index in [9.17, 15) is 18.9 Å². The Labute approximate surface area is 94.1 Å². The summed E-state index contributed by atoms with van der Waals surface area (Å²) in [4.78, 5) is 9.79. The van der Waals surface area contributed by atoms with Crippen LogP contribution in [0.5, 0.6) is 0 Å². The lowest BCUT2D eigenvalue weighted by atomic mass is 10.1. The Morgan fingerprint density at radius 2 is 2.06 bits per heavy atom. The summed E-state index contributed by atoms with van der Waals surface area (Å²) < 4.78 is 25.9. The molecular formula is C9H7ClF2N2O2. The molecule has 16 heavy (non-hydrogen) atoms. The molecule has 2 rings (SSSR count). The van der Waals surface area contributed by atoms with Crippen molar-refractivity contribution in [2.75, 3.05) is 0 Å². The third kappa shape index (κ3) is 1.45. The Balaban J connectivity index is 2.41. The monoisotopic (exact) mass is 248 g/mol. The first-order valence-corrected chi connectivity index (χ1v) is 4.77. The molecule has 2 N–H and O–H groups in total. The number of alkyl halides is 2. The normalized spacial score (nSPS) is 26.5. The molecule has 0 heterocycles. The summed E-state index contributed by atoms with van der Waals surface area (Å²) in [7, 11) is 0. The molecule has 86 valence electrons. The summed E-state index contributed by atoms with van der Waals surface area (Å²) in [6.07, 6.45) is -0.464. The first-order valence-electron chi connectivity index (χ1n) is 4.39. The molecule has 0 radical (unpaired) electrons. The van der Waals surface area contributed by atoms with Gasteiger partial charge in [-0.05, 0) is 11.6 Å². The lowest BCUT2D eigenvalue weighted by molar-refractivity contribution is -0.384. The average molecular weight is 249 g/mol. The maximum Gasteiger partial charge on any atom is 0.287 e. The van der Waals surface area contributed by atoms with Gasteiger partial charge in [-0.25, -0.2) is 8.78 Å². The largest absolute Gasteiger partial charge is 0.316 e. The van der Waals surface area contributed by atoms with Gasteiger partial charge in [0.1, 0.15) is 10.6 Å². The van der Waals surface area contributed by atoms with Crippen molar-refractivity contribution in [1.29, 1.82) is 0 Å². The molecule has 1 saturated carbocycles. The molecule has 1 unspecified atom stereocenters. The van der Waals surface area contributed by atoms with E-state index in [0.717, 1.165) is 12.1 Å². The summed E-state index contributed by atoms with van der Waals surface area (Å²) in [6.45, 7) is 0. The second kappa shape index (κ2) is 3.11. The summed E-state index contributed by atoms with van der Waals surface area (Å²) in [5, 5.41) is 10.3. The van der Waals surface area contributed by atoms with Gasteiger partial charge in [0.25, 0.3) is 11.6 Å². The molecule has 1 aromatic carbocycles. The molecule has 1 fully saturated rings. The van der Waals surface area contributed by atoms with Gasteiger partial charge in [0.2, 0.25) is 0 Å². The van der Waals surface area contributed by atoms with Crippen LogP contribution in [0.15, 0.2) is 18.2 Å². The van der Waals surface area contributed by atoms with Gasteiger partial charge in [0.15, 0.2) is 0 Å². The van der Waals surface area contributed by atoms with E-state index in [1.54, 1.807) is 0 Å². The third-order valence-electron chi connectivity index (χ3n) is 2.69. The van der Waals surface area contributed by atoms with Crippen LogP contribution < -0.4 is 5.73 Å². The second-order valence-corrected chi connectivity index (χ2v) is 4.18. The molecule has 0 saturated heterocycles. The van der Waals surface area contributed by atoms with Gasteiger partial charge >= 0.3 is 0 Å². The average Bonchev–Trinajstić information content (AvgIpc) is 2.66. The number of halogens is 3. The van der Waals surface area contributed by atoms with E-state index in [0.29, 0.717) is 0 Å². The highest BCUT2D eigenvalue weighted by molar-refractivity contribution is 6.32. The van der Waals surface area contributed by atoms with Crippen molar-refractivity contribution in [2.24, 2.45) is 5.73 Å². The molecule has 4 nitrogen and oxygen atoms in total. The van der Waals surface area contributed by atoms with E-state index in [2.05, 4.69) is 0 Å². The summed E-state index contributed by atoms with van der Waals surface area (Å²) >= 11 is 5.61. The molecule has 1 aliphatic carbocycles. The number of hydrogen-bond donors (Lipinski definition) is 1. The van der Waals surface area contributed by atoms with Gasteiger partial charge < -0.3 is 5.73 Å². The number of rotatable bonds is 2. The molecule has 0 spiro atoms. The summed E-state index contributed by atoms with van der Waals surface area (Å²) in [5.41, 5.74) is 3.53. The third-order valence-corrected chi connectivity index (χ3v) is 2.99. The summed E-state index contributed by atoms with van der Waals surface area (Å²) in [5.74, 6) is -2.97. The van der Waals surface area contributed by atoms with Crippen LogP contribution in [0.3, 0.4) is 0 Å². The zero-order valence-electron chi connectivity index (χ0n) is 7.91. The van der Waals surface area contributed by atoms with Crippen LogP contribution in [0.1, 0.15) is 12.0 Å². The number of nitro groups is 1. The van der Waals surface area contributed by atoms with Crippen molar-refractivity contribution in [2.45, 2.75) is 17.9 Å². The number of nitrogens with two attached hydrogens (primary N) is 1. The van der Waals surface area contributed by atoms with Gasteiger partial charge in [-0.1, -0.05) is 17.7 Å². The first-order chi connectivity index (χ1) is 7.28. The minimum atomic E-state index is -2.97. The molecule has 1 atom stereocenters. The quantitative estimate of drug-likeness (QED) is 0.646. The van der Waals surface area contributed by atoms with Gasteiger partial charge in [0.05, 0.1) is 4.92 Å². The van der Waals surface area contributed by atoms with E-state index in [1.165, 1.54) is 6.07 Å². The van der Waals surface area contributed by atoms with Gasteiger partial charge in [0, 0.05) is 12.5 Å². The fraction of sp³-hybridized carbons (Fsp3) is 0.333. The Bertz CT molecular complexity index is 481. The smallest absolute Gasteiger partial charge is 0.287 e. The highest BCUT2D eigenvalue weighted by Gasteiger charge is 2.70.